The molecule has 0 rings (SSSR count). The molecule has 0 aliphatic carbocycles. The molecule has 0 radical (unpaired) electrons. The van der Waals surface area contributed by atoms with Crippen molar-refractivity contribution >= 4 is 24.1 Å². The van der Waals surface area contributed by atoms with Crippen LogP contribution in [0.25, 0.3) is 0 Å². The molecule has 0 aliphatic rings. The summed E-state index contributed by atoms with van der Waals surface area (Å²) in [7, 11) is -1.67. The first kappa shape index (κ1) is 49.2. The maximum absolute atomic E-state index is 9.21. The molecular formula is C40H90O3P2S. The summed E-state index contributed by atoms with van der Waals surface area (Å²) in [6.45, 7) is 13.9. The van der Waals surface area contributed by atoms with E-state index in [1.54, 1.807) is 50.3 Å². The van der Waals surface area contributed by atoms with Gasteiger partial charge in [-0.1, -0.05) is 41.0 Å². The molecule has 0 aromatic heterocycles. The van der Waals surface area contributed by atoms with E-state index in [4.69, 9.17) is 0 Å². The summed E-state index contributed by atoms with van der Waals surface area (Å²) in [6.07, 6.45) is 42.3. The maximum atomic E-state index is 9.21. The van der Waals surface area contributed by atoms with Gasteiger partial charge in [0.15, 0.2) is 0 Å². The standard InChI is InChI=1S/C32H69P.C8H21O3PS/c1-5-9-13-17-18-19-20-21-22-23-24-28-32-33(29-25-14-10-6-2,30-26-15-11-7-3)31-27-16-12-8-4;1-7(2)5-13(6-8(3)4)12(9,10)11/h33H,5-32H2,1-4H3;7-11H,5-6H2,1-4H3. The van der Waals surface area contributed by atoms with E-state index in [1.807, 2.05) is 27.7 Å². The van der Waals surface area contributed by atoms with Gasteiger partial charge in [0.05, 0.1) is 0 Å². The molecule has 284 valence electrons. The number of unbranched alkanes of at least 4 members (excludes halogenated alkanes) is 20. The Morgan fingerprint density at radius 3 is 0.826 bits per heavy atom. The summed E-state index contributed by atoms with van der Waals surface area (Å²) in [5, 5.41) is 0. The van der Waals surface area contributed by atoms with Crippen LogP contribution < -0.4 is 0 Å². The second-order valence-corrected chi connectivity index (χ2v) is 26.3. The van der Waals surface area contributed by atoms with Crippen LogP contribution in [-0.4, -0.2) is 50.8 Å². The van der Waals surface area contributed by atoms with Crippen molar-refractivity contribution in [3.8, 4) is 0 Å². The van der Waals surface area contributed by atoms with Crippen LogP contribution in [0.5, 0.6) is 0 Å². The topological polar surface area (TPSA) is 60.7 Å². The molecule has 0 fully saturated rings. The molecule has 3 nitrogen and oxygen atoms in total. The summed E-state index contributed by atoms with van der Waals surface area (Å²) >= 11 is 0. The second kappa shape index (κ2) is 34.5. The molecule has 0 saturated carbocycles. The second-order valence-electron chi connectivity index (χ2n) is 15.7. The third-order valence-corrected chi connectivity index (χ3v) is 21.1. The number of hydrogen-bond acceptors (Lipinski definition) is 0. The predicted molar refractivity (Wildman–Crippen MR) is 222 cm³/mol. The van der Waals surface area contributed by atoms with E-state index in [0.29, 0.717) is 23.3 Å². The Kier molecular flexibility index (Phi) is 36.9. The molecule has 0 amide bonds. The van der Waals surface area contributed by atoms with E-state index in [-0.39, 0.29) is 0 Å². The summed E-state index contributed by atoms with van der Waals surface area (Å²) in [5.74, 6) is 2.20. The van der Waals surface area contributed by atoms with E-state index in [1.165, 1.54) is 128 Å². The van der Waals surface area contributed by atoms with Gasteiger partial charge >= 0.3 is 200 Å². The molecule has 0 heterocycles. The Labute approximate surface area is 295 Å². The van der Waals surface area contributed by atoms with Gasteiger partial charge < -0.3 is 14.7 Å². The Bertz CT molecular complexity index is 626. The molecule has 0 spiro atoms. The fourth-order valence-electron chi connectivity index (χ4n) is 6.91. The van der Waals surface area contributed by atoms with Gasteiger partial charge in [-0.05, 0) is 23.3 Å². The van der Waals surface area contributed by atoms with Crippen LogP contribution in [0.4, 0.5) is 0 Å². The van der Waals surface area contributed by atoms with Crippen molar-refractivity contribution in [3.63, 3.8) is 0 Å². The van der Waals surface area contributed by atoms with Gasteiger partial charge in [0, 0.05) is 0 Å². The van der Waals surface area contributed by atoms with Gasteiger partial charge in [0.1, 0.15) is 0 Å². The van der Waals surface area contributed by atoms with Crippen molar-refractivity contribution in [2.24, 2.45) is 11.8 Å². The van der Waals surface area contributed by atoms with Crippen LogP contribution in [0, 0.1) is 11.8 Å². The van der Waals surface area contributed by atoms with Crippen LogP contribution in [0.2, 0.25) is 0 Å². The Balaban J connectivity index is 0. The van der Waals surface area contributed by atoms with Gasteiger partial charge in [0.25, 0.3) is 6.72 Å². The van der Waals surface area contributed by atoms with Crippen LogP contribution >= 0.6 is 14.0 Å². The molecule has 0 unspecified atom stereocenters. The minimum atomic E-state index is -3.61. The molecule has 6 heteroatoms. The molecule has 0 aromatic rings. The molecule has 0 bridgehead atoms. The van der Waals surface area contributed by atoms with E-state index < -0.39 is 24.1 Å². The van der Waals surface area contributed by atoms with E-state index >= 15 is 0 Å². The van der Waals surface area contributed by atoms with Gasteiger partial charge in [-0.3, -0.25) is 0 Å². The third kappa shape index (κ3) is 33.6. The number of rotatable bonds is 32. The quantitative estimate of drug-likeness (QED) is 0.0481. The van der Waals surface area contributed by atoms with Crippen molar-refractivity contribution < 1.29 is 14.7 Å². The van der Waals surface area contributed by atoms with Crippen LogP contribution in [0.3, 0.4) is 0 Å². The van der Waals surface area contributed by atoms with Crippen molar-refractivity contribution in [2.45, 2.75) is 209 Å². The Morgan fingerprint density at radius 1 is 0.391 bits per heavy atom. The van der Waals surface area contributed by atoms with Crippen LogP contribution in [-0.2, 0) is 10.1 Å². The zero-order valence-electron chi connectivity index (χ0n) is 33.1. The SMILES string of the molecule is CC(C)CS(CC(C)C)=P(O)(O)O.CCCCCCCCCCCCCC[PH](CCCCCC)(CCCCCC)CCCCCC. The summed E-state index contributed by atoms with van der Waals surface area (Å²) in [5.41, 5.74) is 0. The minimum absolute atomic E-state index is 0.396. The predicted octanol–water partition coefficient (Wildman–Crippen LogP) is 13.7. The fraction of sp³-hybridized carbons (Fsp3) is 1.00. The van der Waals surface area contributed by atoms with E-state index in [0.717, 1.165) is 0 Å². The molecular weight excluding hydrogens is 622 g/mol. The van der Waals surface area contributed by atoms with Gasteiger partial charge in [0.2, 0.25) is 0 Å². The fourth-order valence-corrected chi connectivity index (χ4v) is 17.5. The summed E-state index contributed by atoms with van der Waals surface area (Å²) in [4.78, 5) is 27.6. The van der Waals surface area contributed by atoms with E-state index in [9.17, 15) is 14.7 Å². The Hall–Kier alpha value is 1.09. The number of hydrogen-bond donors (Lipinski definition) is 3. The molecule has 0 saturated heterocycles. The van der Waals surface area contributed by atoms with Crippen molar-refractivity contribution in [3.05, 3.63) is 0 Å². The molecule has 0 atom stereocenters. The molecule has 0 aromatic carbocycles. The average molecular weight is 713 g/mol. The van der Waals surface area contributed by atoms with Crippen LogP contribution in [0.1, 0.15) is 209 Å². The summed E-state index contributed by atoms with van der Waals surface area (Å²) in [6, 6.07) is 0. The first-order valence-electron chi connectivity index (χ1n) is 20.7. The average Bonchev–Trinajstić information content (AvgIpc) is 2.99. The van der Waals surface area contributed by atoms with E-state index in [2.05, 4.69) is 27.7 Å². The molecule has 3 N–H and O–H groups in total. The van der Waals surface area contributed by atoms with Gasteiger partial charge in [-0.25, -0.2) is 0 Å². The summed E-state index contributed by atoms with van der Waals surface area (Å²) < 4.78 is 0. The van der Waals surface area contributed by atoms with Crippen LogP contribution in [0.15, 0.2) is 0 Å². The normalized spacial score (nSPS) is 12.7. The monoisotopic (exact) mass is 713 g/mol. The van der Waals surface area contributed by atoms with Gasteiger partial charge in [-0.2, -0.15) is 0 Å². The zero-order valence-corrected chi connectivity index (χ0v) is 35.8. The molecule has 0 aliphatic heterocycles. The first-order valence-corrected chi connectivity index (χ1v) is 27.4. The zero-order chi connectivity index (χ0) is 34.9. The third-order valence-electron chi connectivity index (χ3n) is 9.64. The van der Waals surface area contributed by atoms with Crippen molar-refractivity contribution in [2.75, 3.05) is 36.2 Å². The Morgan fingerprint density at radius 2 is 0.609 bits per heavy atom. The van der Waals surface area contributed by atoms with Gasteiger partial charge in [-0.15, -0.1) is 10.1 Å². The van der Waals surface area contributed by atoms with Crippen molar-refractivity contribution in [1.82, 2.24) is 0 Å². The first-order chi connectivity index (χ1) is 22.0. The molecule has 46 heavy (non-hydrogen) atoms. The van der Waals surface area contributed by atoms with Crippen molar-refractivity contribution in [1.29, 1.82) is 0 Å².